The molecule has 0 saturated carbocycles. The lowest BCUT2D eigenvalue weighted by Crippen LogP contribution is -2.33. The molecule has 0 amide bonds. The maximum Gasteiger partial charge on any atom is 0.133 e. The van der Waals surface area contributed by atoms with E-state index in [1.54, 1.807) is 6.21 Å². The van der Waals surface area contributed by atoms with Crippen LogP contribution in [-0.2, 0) is 0 Å². The van der Waals surface area contributed by atoms with E-state index in [4.69, 9.17) is 0 Å². The quantitative estimate of drug-likeness (QED) is 0.516. The number of aromatic amines is 1. The van der Waals surface area contributed by atoms with E-state index in [0.29, 0.717) is 6.54 Å². The molecule has 0 aromatic carbocycles. The zero-order valence-electron chi connectivity index (χ0n) is 6.28. The fourth-order valence-corrected chi connectivity index (χ4v) is 1.49. The highest BCUT2D eigenvalue weighted by Crippen LogP contribution is 2.04. The van der Waals surface area contributed by atoms with Crippen molar-refractivity contribution >= 4 is 17.5 Å². The van der Waals surface area contributed by atoms with Crippen LogP contribution in [0.4, 0.5) is 0 Å². The molecule has 0 radical (unpaired) electrons. The number of hydrogen-bond donors (Lipinski definition) is 1. The van der Waals surface area contributed by atoms with E-state index in [1.165, 1.54) is 0 Å². The molecule has 0 bridgehead atoms. The van der Waals surface area contributed by atoms with Gasteiger partial charge in [-0.05, 0) is 6.07 Å². The Morgan fingerprint density at radius 1 is 1.42 bits per heavy atom. The number of hydrogen-bond acceptors (Lipinski definition) is 3. The van der Waals surface area contributed by atoms with Crippen LogP contribution in [0.1, 0.15) is 0 Å². The molecule has 12 heavy (non-hydrogen) atoms. The molecule has 0 atom stereocenters. The summed E-state index contributed by atoms with van der Waals surface area (Å²) in [6, 6.07) is 2.00. The topological polar surface area (TPSA) is 52.9 Å². The third-order valence-electron chi connectivity index (χ3n) is 2.08. The third-order valence-corrected chi connectivity index (χ3v) is 2.08. The Kier molecular flexibility index (Phi) is 0.935. The zero-order valence-corrected chi connectivity index (χ0v) is 6.28. The predicted molar refractivity (Wildman–Crippen MR) is 45.8 cm³/mol. The Hall–Kier alpha value is -1.71. The Balaban J connectivity index is 2.56. The lowest BCUT2D eigenvalue weighted by molar-refractivity contribution is 1.08. The molecule has 2 aliphatic rings. The first-order valence-electron chi connectivity index (χ1n) is 3.77. The van der Waals surface area contributed by atoms with Crippen LogP contribution in [0, 0.1) is 0 Å². The summed E-state index contributed by atoms with van der Waals surface area (Å²) in [4.78, 5) is 7.37. The standard InChI is InChI=1S/C8H6N4/c1-2-9-8-5(1)6-3-11-12-7(6)4-10-8/h1-3H,4H2,(H,9,10). The van der Waals surface area contributed by atoms with Crippen molar-refractivity contribution in [3.05, 3.63) is 23.0 Å². The van der Waals surface area contributed by atoms with Crippen LogP contribution in [0.25, 0.3) is 5.57 Å². The highest BCUT2D eigenvalue weighted by Gasteiger charge is 2.14. The first-order chi connectivity index (χ1) is 5.95. The van der Waals surface area contributed by atoms with E-state index in [-0.39, 0.29) is 0 Å². The van der Waals surface area contributed by atoms with Crippen LogP contribution in [0.5, 0.6) is 0 Å². The molecule has 2 aliphatic heterocycles. The molecule has 1 aromatic heterocycles. The third kappa shape index (κ3) is 0.592. The van der Waals surface area contributed by atoms with Gasteiger partial charge in [0.05, 0.1) is 18.5 Å². The van der Waals surface area contributed by atoms with Crippen molar-refractivity contribution in [2.75, 3.05) is 6.54 Å². The van der Waals surface area contributed by atoms with E-state index in [9.17, 15) is 0 Å². The number of H-pyrrole nitrogens is 1. The Morgan fingerprint density at radius 3 is 3.42 bits per heavy atom. The lowest BCUT2D eigenvalue weighted by atomic mass is 10.1. The summed E-state index contributed by atoms with van der Waals surface area (Å²) in [7, 11) is 0. The summed E-state index contributed by atoms with van der Waals surface area (Å²) in [5.41, 5.74) is 3.03. The van der Waals surface area contributed by atoms with Crippen LogP contribution >= 0.6 is 0 Å². The second kappa shape index (κ2) is 1.91. The molecule has 3 rings (SSSR count). The molecule has 4 heteroatoms. The lowest BCUT2D eigenvalue weighted by Gasteiger charge is -2.00. The minimum absolute atomic E-state index is 0.642. The van der Waals surface area contributed by atoms with Crippen LogP contribution in [0.15, 0.2) is 27.5 Å². The zero-order chi connectivity index (χ0) is 7.97. The number of aromatic nitrogens is 1. The van der Waals surface area contributed by atoms with Crippen molar-refractivity contribution in [2.24, 2.45) is 15.2 Å². The number of fused-ring (bicyclic) bond motifs is 2. The van der Waals surface area contributed by atoms with E-state index in [1.807, 2.05) is 12.3 Å². The van der Waals surface area contributed by atoms with Crippen LogP contribution in [0.2, 0.25) is 0 Å². The van der Waals surface area contributed by atoms with Crippen LogP contribution < -0.4 is 10.7 Å². The van der Waals surface area contributed by atoms with Crippen molar-refractivity contribution in [1.82, 2.24) is 4.98 Å². The van der Waals surface area contributed by atoms with Gasteiger partial charge < -0.3 is 4.98 Å². The summed E-state index contributed by atoms with van der Waals surface area (Å²) in [6.45, 7) is 0.642. The highest BCUT2D eigenvalue weighted by atomic mass is 15.2. The van der Waals surface area contributed by atoms with Gasteiger partial charge in [-0.15, -0.1) is 0 Å². The Morgan fingerprint density at radius 2 is 2.42 bits per heavy atom. The summed E-state index contributed by atoms with van der Waals surface area (Å²) < 4.78 is 0. The van der Waals surface area contributed by atoms with Gasteiger partial charge in [0.15, 0.2) is 0 Å². The van der Waals surface area contributed by atoms with E-state index in [0.717, 1.165) is 22.0 Å². The molecule has 58 valence electrons. The molecule has 3 heterocycles. The normalized spacial score (nSPS) is 18.3. The molecule has 0 fully saturated rings. The summed E-state index contributed by atoms with van der Waals surface area (Å²) in [5.74, 6) is 0. The van der Waals surface area contributed by atoms with Crippen molar-refractivity contribution in [3.63, 3.8) is 0 Å². The van der Waals surface area contributed by atoms with E-state index in [2.05, 4.69) is 20.2 Å². The Bertz CT molecular complexity index is 503. The van der Waals surface area contributed by atoms with Crippen molar-refractivity contribution in [2.45, 2.75) is 0 Å². The van der Waals surface area contributed by atoms with Gasteiger partial charge in [0.2, 0.25) is 0 Å². The highest BCUT2D eigenvalue weighted by molar-refractivity contribution is 6.40. The van der Waals surface area contributed by atoms with Gasteiger partial charge >= 0.3 is 0 Å². The molecular weight excluding hydrogens is 152 g/mol. The number of nitrogens with one attached hydrogen (secondary N) is 1. The molecule has 0 spiro atoms. The number of rotatable bonds is 0. The molecule has 4 nitrogen and oxygen atoms in total. The average molecular weight is 158 g/mol. The van der Waals surface area contributed by atoms with Gasteiger partial charge in [0.1, 0.15) is 5.49 Å². The minimum atomic E-state index is 0.642. The van der Waals surface area contributed by atoms with E-state index < -0.39 is 0 Å². The maximum atomic E-state index is 4.31. The largest absolute Gasteiger partial charge is 0.346 e. The maximum absolute atomic E-state index is 4.31. The SMILES string of the molecule is C1=NN=C2CN=c3[nH]ccc3=C12. The first-order valence-corrected chi connectivity index (χ1v) is 3.77. The summed E-state index contributed by atoms with van der Waals surface area (Å²) in [5, 5.41) is 8.95. The second-order valence-corrected chi connectivity index (χ2v) is 2.76. The predicted octanol–water partition coefficient (Wildman–Crippen LogP) is -0.761. The molecule has 0 saturated heterocycles. The van der Waals surface area contributed by atoms with Gasteiger partial charge in [-0.3, -0.25) is 4.99 Å². The van der Waals surface area contributed by atoms with Gasteiger partial charge in [-0.2, -0.15) is 10.2 Å². The molecule has 0 aliphatic carbocycles. The van der Waals surface area contributed by atoms with Gasteiger partial charge in [-0.1, -0.05) is 0 Å². The average Bonchev–Trinajstić information content (AvgIpc) is 2.71. The summed E-state index contributed by atoms with van der Waals surface area (Å²) >= 11 is 0. The van der Waals surface area contributed by atoms with Gasteiger partial charge in [0, 0.05) is 17.0 Å². The summed E-state index contributed by atoms with van der Waals surface area (Å²) in [6.07, 6.45) is 3.67. The molecule has 1 N–H and O–H groups in total. The van der Waals surface area contributed by atoms with Crippen molar-refractivity contribution < 1.29 is 0 Å². The number of nitrogens with zero attached hydrogens (tertiary/aromatic N) is 3. The van der Waals surface area contributed by atoms with Crippen molar-refractivity contribution in [1.29, 1.82) is 0 Å². The Labute approximate surface area is 68.1 Å². The fraction of sp³-hybridized carbons (Fsp3) is 0.125. The van der Waals surface area contributed by atoms with E-state index >= 15 is 0 Å². The van der Waals surface area contributed by atoms with Gasteiger partial charge in [0.25, 0.3) is 0 Å². The van der Waals surface area contributed by atoms with Crippen molar-refractivity contribution in [3.8, 4) is 0 Å². The van der Waals surface area contributed by atoms with Gasteiger partial charge in [-0.25, -0.2) is 0 Å². The second-order valence-electron chi connectivity index (χ2n) is 2.76. The molecule has 1 aromatic rings. The molecule has 0 unspecified atom stereocenters. The first kappa shape index (κ1) is 5.88. The van der Waals surface area contributed by atoms with Crippen LogP contribution in [0.3, 0.4) is 0 Å². The molecular formula is C8H6N4. The smallest absolute Gasteiger partial charge is 0.133 e. The minimum Gasteiger partial charge on any atom is -0.346 e. The fourth-order valence-electron chi connectivity index (χ4n) is 1.49. The monoisotopic (exact) mass is 158 g/mol. The van der Waals surface area contributed by atoms with Crippen LogP contribution in [-0.4, -0.2) is 23.5 Å².